The molecule has 3 aromatic carbocycles. The highest BCUT2D eigenvalue weighted by molar-refractivity contribution is 9.10. The van der Waals surface area contributed by atoms with Crippen molar-refractivity contribution in [2.45, 2.75) is 18.3 Å². The molecule has 0 saturated carbocycles. The molecule has 0 saturated heterocycles. The fraction of sp³-hybridized carbons (Fsp3) is 0.214. The van der Waals surface area contributed by atoms with Crippen LogP contribution < -0.4 is 0 Å². The smallest absolute Gasteiger partial charge is 0.338 e. The first kappa shape index (κ1) is 25.9. The Hall–Kier alpha value is -2.67. The lowest BCUT2D eigenvalue weighted by Crippen LogP contribution is -2.29. The molecule has 6 heteroatoms. The lowest BCUT2D eigenvalue weighted by molar-refractivity contribution is 0.0398. The van der Waals surface area contributed by atoms with E-state index in [2.05, 4.69) is 22.5 Å². The topological polar surface area (TPSA) is 52.6 Å². The first-order valence-electron chi connectivity index (χ1n) is 11.0. The predicted octanol–water partition coefficient (Wildman–Crippen LogP) is 6.96. The van der Waals surface area contributed by atoms with Crippen LogP contribution in [0.15, 0.2) is 102 Å². The van der Waals surface area contributed by atoms with Crippen LogP contribution in [-0.4, -0.2) is 29.5 Å². The number of esters is 1. The Morgan fingerprint density at radius 3 is 2.12 bits per heavy atom. The Bertz CT molecular complexity index is 1050. The van der Waals surface area contributed by atoms with Gasteiger partial charge in [0.05, 0.1) is 25.4 Å². The molecule has 0 N–H and O–H groups in total. The Morgan fingerprint density at radius 1 is 0.882 bits per heavy atom. The number of hydrogen-bond donors (Lipinski definition) is 0. The number of halogens is 1. The van der Waals surface area contributed by atoms with Crippen molar-refractivity contribution in [3.05, 3.63) is 119 Å². The van der Waals surface area contributed by atoms with Crippen LogP contribution in [-0.2, 0) is 16.1 Å². The van der Waals surface area contributed by atoms with E-state index in [4.69, 9.17) is 9.47 Å². The average Bonchev–Trinajstić information content (AvgIpc) is 2.88. The Labute approximate surface area is 213 Å². The van der Waals surface area contributed by atoms with Crippen molar-refractivity contribution in [1.82, 2.24) is 0 Å². The van der Waals surface area contributed by atoms with E-state index in [9.17, 15) is 9.59 Å². The maximum atomic E-state index is 13.0. The van der Waals surface area contributed by atoms with Gasteiger partial charge in [0.2, 0.25) is 5.12 Å². The minimum absolute atomic E-state index is 0.0405. The highest BCUT2D eigenvalue weighted by Crippen LogP contribution is 2.28. The standard InChI is InChI=1S/C28H27BrO4S/c1-2-9-24(19-33-27(30)22-10-5-3-6-11-22)26(34-28(31)23-12-7-4-8-13-23)20-32-18-21-14-16-25(29)17-15-21/h2-8,10-17,24,26H,1,9,18-20H2/t24-,26-/m1/s1. The SMILES string of the molecule is C=CC[C@H](COC(=O)c1ccccc1)[C@@H](COCc1ccc(Br)cc1)SC(=O)c1ccccc1. The van der Waals surface area contributed by atoms with Crippen LogP contribution >= 0.6 is 27.7 Å². The number of hydrogen-bond acceptors (Lipinski definition) is 5. The molecule has 0 radical (unpaired) electrons. The largest absolute Gasteiger partial charge is 0.462 e. The summed E-state index contributed by atoms with van der Waals surface area (Å²) in [7, 11) is 0. The van der Waals surface area contributed by atoms with Crippen molar-refractivity contribution in [2.75, 3.05) is 13.2 Å². The minimum atomic E-state index is -0.386. The highest BCUT2D eigenvalue weighted by atomic mass is 79.9. The average molecular weight is 539 g/mol. The fourth-order valence-electron chi connectivity index (χ4n) is 3.30. The van der Waals surface area contributed by atoms with Crippen molar-refractivity contribution in [1.29, 1.82) is 0 Å². The summed E-state index contributed by atoms with van der Waals surface area (Å²) in [4.78, 5) is 25.5. The van der Waals surface area contributed by atoms with E-state index in [1.807, 2.05) is 48.5 Å². The second kappa shape index (κ2) is 13.9. The molecule has 0 unspecified atom stereocenters. The Kier molecular flexibility index (Phi) is 10.6. The first-order valence-corrected chi connectivity index (χ1v) is 12.7. The molecule has 0 fully saturated rings. The molecule has 176 valence electrons. The molecule has 0 aliphatic rings. The van der Waals surface area contributed by atoms with Gasteiger partial charge < -0.3 is 9.47 Å². The highest BCUT2D eigenvalue weighted by Gasteiger charge is 2.27. The van der Waals surface area contributed by atoms with E-state index in [-0.39, 0.29) is 28.9 Å². The molecule has 0 aliphatic heterocycles. The third kappa shape index (κ3) is 8.28. The van der Waals surface area contributed by atoms with E-state index in [1.54, 1.807) is 42.5 Å². The minimum Gasteiger partial charge on any atom is -0.462 e. The molecule has 0 spiro atoms. The van der Waals surface area contributed by atoms with Gasteiger partial charge in [-0.1, -0.05) is 94.4 Å². The number of thioether (sulfide) groups is 1. The van der Waals surface area contributed by atoms with Gasteiger partial charge in [0, 0.05) is 21.2 Å². The quantitative estimate of drug-likeness (QED) is 0.184. The molecule has 0 aromatic heterocycles. The summed E-state index contributed by atoms with van der Waals surface area (Å²) in [6.07, 6.45) is 2.37. The van der Waals surface area contributed by atoms with E-state index < -0.39 is 0 Å². The van der Waals surface area contributed by atoms with Crippen LogP contribution in [0.3, 0.4) is 0 Å². The lowest BCUT2D eigenvalue weighted by Gasteiger charge is -2.25. The maximum Gasteiger partial charge on any atom is 0.338 e. The predicted molar refractivity (Wildman–Crippen MR) is 141 cm³/mol. The summed E-state index contributed by atoms with van der Waals surface area (Å²) in [6, 6.07) is 26.0. The van der Waals surface area contributed by atoms with Crippen LogP contribution in [0.25, 0.3) is 0 Å². The summed E-state index contributed by atoms with van der Waals surface area (Å²) >= 11 is 4.66. The third-order valence-corrected chi connectivity index (χ3v) is 6.97. The van der Waals surface area contributed by atoms with Gasteiger partial charge >= 0.3 is 5.97 Å². The van der Waals surface area contributed by atoms with Gasteiger partial charge in [-0.05, 0) is 36.2 Å². The van der Waals surface area contributed by atoms with Crippen molar-refractivity contribution < 1.29 is 19.1 Å². The van der Waals surface area contributed by atoms with Gasteiger partial charge in [0.15, 0.2) is 0 Å². The van der Waals surface area contributed by atoms with E-state index in [1.165, 1.54) is 11.8 Å². The van der Waals surface area contributed by atoms with E-state index >= 15 is 0 Å². The molecule has 0 heterocycles. The van der Waals surface area contributed by atoms with E-state index in [0.717, 1.165) is 10.0 Å². The Balaban J connectivity index is 1.69. The lowest BCUT2D eigenvalue weighted by atomic mass is 10.0. The van der Waals surface area contributed by atoms with Gasteiger partial charge in [-0.15, -0.1) is 6.58 Å². The molecular formula is C28H27BrO4S. The molecule has 0 bridgehead atoms. The zero-order valence-electron chi connectivity index (χ0n) is 18.8. The second-order valence-corrected chi connectivity index (χ2v) is 9.83. The number of rotatable bonds is 12. The number of benzene rings is 3. The maximum absolute atomic E-state index is 13.0. The summed E-state index contributed by atoms with van der Waals surface area (Å²) in [6.45, 7) is 4.79. The number of allylic oxidation sites excluding steroid dienone is 1. The molecule has 0 amide bonds. The number of carbonyl (C=O) groups excluding carboxylic acids is 2. The summed E-state index contributed by atoms with van der Waals surface area (Å²) in [5.74, 6) is -0.517. The number of carbonyl (C=O) groups is 2. The molecule has 2 atom stereocenters. The number of ether oxygens (including phenoxy) is 2. The Morgan fingerprint density at radius 2 is 1.50 bits per heavy atom. The van der Waals surface area contributed by atoms with Crippen molar-refractivity contribution in [3.8, 4) is 0 Å². The van der Waals surface area contributed by atoms with Crippen molar-refractivity contribution in [2.24, 2.45) is 5.92 Å². The molecule has 34 heavy (non-hydrogen) atoms. The van der Waals surface area contributed by atoms with Gasteiger partial charge in [0.25, 0.3) is 0 Å². The van der Waals surface area contributed by atoms with Crippen molar-refractivity contribution in [3.63, 3.8) is 0 Å². The summed E-state index contributed by atoms with van der Waals surface area (Å²) in [5, 5.41) is -0.258. The van der Waals surface area contributed by atoms with Crippen LogP contribution in [0.5, 0.6) is 0 Å². The summed E-state index contributed by atoms with van der Waals surface area (Å²) < 4.78 is 12.6. The molecule has 4 nitrogen and oxygen atoms in total. The van der Waals surface area contributed by atoms with Crippen LogP contribution in [0, 0.1) is 5.92 Å². The third-order valence-electron chi connectivity index (χ3n) is 5.17. The van der Waals surface area contributed by atoms with Crippen molar-refractivity contribution >= 4 is 38.8 Å². The zero-order chi connectivity index (χ0) is 24.2. The van der Waals surface area contributed by atoms with Crippen LogP contribution in [0.4, 0.5) is 0 Å². The van der Waals surface area contributed by atoms with Gasteiger partial charge in [-0.25, -0.2) is 4.79 Å². The first-order chi connectivity index (χ1) is 16.6. The van der Waals surface area contributed by atoms with Crippen LogP contribution in [0.1, 0.15) is 32.7 Å². The zero-order valence-corrected chi connectivity index (χ0v) is 21.2. The molecule has 3 rings (SSSR count). The molecule has 3 aromatic rings. The monoisotopic (exact) mass is 538 g/mol. The molecular weight excluding hydrogens is 512 g/mol. The van der Waals surface area contributed by atoms with Crippen LogP contribution in [0.2, 0.25) is 0 Å². The van der Waals surface area contributed by atoms with E-state index in [0.29, 0.717) is 30.8 Å². The fourth-order valence-corrected chi connectivity index (χ4v) is 4.66. The summed E-state index contributed by atoms with van der Waals surface area (Å²) in [5.41, 5.74) is 2.16. The second-order valence-electron chi connectivity index (χ2n) is 7.70. The normalized spacial score (nSPS) is 12.5. The van der Waals surface area contributed by atoms with Gasteiger partial charge in [0.1, 0.15) is 0 Å². The molecule has 0 aliphatic carbocycles. The van der Waals surface area contributed by atoms with Gasteiger partial charge in [-0.3, -0.25) is 4.79 Å². The van der Waals surface area contributed by atoms with Gasteiger partial charge in [-0.2, -0.15) is 0 Å².